The van der Waals surface area contributed by atoms with Gasteiger partial charge in [0, 0.05) is 46.3 Å². The standard InChI is InChI=1S/C16H36N4O2/c1-16(2,3)22-15(21)20(8)14-13-19(7)12-11-18(6)10-9-17(4)5/h9-14H2,1-8H3. The zero-order valence-electron chi connectivity index (χ0n) is 15.8. The Morgan fingerprint density at radius 2 is 1.18 bits per heavy atom. The van der Waals surface area contributed by atoms with Gasteiger partial charge in [0.2, 0.25) is 0 Å². The van der Waals surface area contributed by atoms with Crippen molar-refractivity contribution in [3.05, 3.63) is 0 Å². The number of likely N-dealkylation sites (N-methyl/N-ethyl adjacent to an activating group) is 4. The Morgan fingerprint density at radius 3 is 1.59 bits per heavy atom. The minimum absolute atomic E-state index is 0.260. The summed E-state index contributed by atoms with van der Waals surface area (Å²) in [4.78, 5) is 20.3. The number of carbonyl (C=O) groups excluding carboxylic acids is 1. The molecular formula is C16H36N4O2. The summed E-state index contributed by atoms with van der Waals surface area (Å²) in [6.45, 7) is 11.3. The molecule has 0 saturated carbocycles. The summed E-state index contributed by atoms with van der Waals surface area (Å²) >= 11 is 0. The zero-order valence-corrected chi connectivity index (χ0v) is 15.8. The predicted molar refractivity (Wildman–Crippen MR) is 92.4 cm³/mol. The molecular weight excluding hydrogens is 280 g/mol. The van der Waals surface area contributed by atoms with Crippen molar-refractivity contribution in [2.45, 2.75) is 26.4 Å². The van der Waals surface area contributed by atoms with E-state index in [4.69, 9.17) is 4.74 Å². The van der Waals surface area contributed by atoms with Crippen molar-refractivity contribution in [2.75, 3.05) is 74.5 Å². The normalized spacial score (nSPS) is 12.3. The van der Waals surface area contributed by atoms with Crippen LogP contribution in [-0.4, -0.2) is 106 Å². The molecule has 22 heavy (non-hydrogen) atoms. The van der Waals surface area contributed by atoms with E-state index in [2.05, 4.69) is 42.9 Å². The minimum Gasteiger partial charge on any atom is -0.444 e. The second-order valence-electron chi connectivity index (χ2n) is 7.31. The van der Waals surface area contributed by atoms with Crippen molar-refractivity contribution in [1.82, 2.24) is 19.6 Å². The van der Waals surface area contributed by atoms with Gasteiger partial charge >= 0.3 is 6.09 Å². The number of amides is 1. The van der Waals surface area contributed by atoms with Crippen LogP contribution in [0.1, 0.15) is 20.8 Å². The van der Waals surface area contributed by atoms with Crippen LogP contribution in [0, 0.1) is 0 Å². The molecule has 0 fully saturated rings. The highest BCUT2D eigenvalue weighted by Gasteiger charge is 2.19. The molecule has 1 amide bonds. The molecule has 0 aromatic rings. The second-order valence-corrected chi connectivity index (χ2v) is 7.31. The maximum atomic E-state index is 11.9. The molecule has 132 valence electrons. The molecule has 0 saturated heterocycles. The van der Waals surface area contributed by atoms with Gasteiger partial charge in [0.25, 0.3) is 0 Å². The largest absolute Gasteiger partial charge is 0.444 e. The molecule has 0 aliphatic rings. The lowest BCUT2D eigenvalue weighted by Gasteiger charge is -2.27. The van der Waals surface area contributed by atoms with Gasteiger partial charge in [0.1, 0.15) is 5.60 Å². The van der Waals surface area contributed by atoms with Crippen molar-refractivity contribution in [1.29, 1.82) is 0 Å². The molecule has 6 heteroatoms. The van der Waals surface area contributed by atoms with Crippen LogP contribution in [0.3, 0.4) is 0 Å². The minimum atomic E-state index is -0.438. The Balaban J connectivity index is 3.88. The zero-order chi connectivity index (χ0) is 17.3. The van der Waals surface area contributed by atoms with E-state index < -0.39 is 5.60 Å². The van der Waals surface area contributed by atoms with Crippen LogP contribution in [-0.2, 0) is 4.74 Å². The van der Waals surface area contributed by atoms with Crippen LogP contribution >= 0.6 is 0 Å². The fraction of sp³-hybridized carbons (Fsp3) is 0.938. The lowest BCUT2D eigenvalue weighted by Crippen LogP contribution is -2.40. The summed E-state index contributed by atoms with van der Waals surface area (Å²) in [6, 6.07) is 0. The summed E-state index contributed by atoms with van der Waals surface area (Å²) in [5.41, 5.74) is -0.438. The Bertz CT molecular complexity index is 316. The highest BCUT2D eigenvalue weighted by Crippen LogP contribution is 2.08. The van der Waals surface area contributed by atoms with Gasteiger partial charge < -0.3 is 24.3 Å². The summed E-state index contributed by atoms with van der Waals surface area (Å²) in [5.74, 6) is 0. The van der Waals surface area contributed by atoms with Crippen LogP contribution in [0.5, 0.6) is 0 Å². The monoisotopic (exact) mass is 316 g/mol. The van der Waals surface area contributed by atoms with Crippen molar-refractivity contribution in [3.63, 3.8) is 0 Å². The van der Waals surface area contributed by atoms with E-state index in [1.807, 2.05) is 20.8 Å². The Labute approximate surface area is 137 Å². The number of rotatable bonds is 9. The second kappa shape index (κ2) is 10.0. The van der Waals surface area contributed by atoms with Gasteiger partial charge in [-0.1, -0.05) is 0 Å². The van der Waals surface area contributed by atoms with E-state index in [-0.39, 0.29) is 6.09 Å². The highest BCUT2D eigenvalue weighted by atomic mass is 16.6. The van der Waals surface area contributed by atoms with Crippen molar-refractivity contribution < 1.29 is 9.53 Å². The lowest BCUT2D eigenvalue weighted by molar-refractivity contribution is 0.0286. The average molecular weight is 316 g/mol. The van der Waals surface area contributed by atoms with Crippen molar-refractivity contribution in [2.24, 2.45) is 0 Å². The first-order chi connectivity index (χ1) is 10.0. The van der Waals surface area contributed by atoms with Crippen molar-refractivity contribution in [3.8, 4) is 0 Å². The van der Waals surface area contributed by atoms with Gasteiger partial charge in [-0.05, 0) is 49.0 Å². The maximum absolute atomic E-state index is 11.9. The highest BCUT2D eigenvalue weighted by molar-refractivity contribution is 5.67. The molecule has 0 aromatic heterocycles. The third-order valence-corrected chi connectivity index (χ3v) is 3.31. The number of carbonyl (C=O) groups is 1. The predicted octanol–water partition coefficient (Wildman–Crippen LogP) is 1.28. The molecule has 0 rings (SSSR count). The fourth-order valence-corrected chi connectivity index (χ4v) is 1.69. The molecule has 0 atom stereocenters. The van der Waals surface area contributed by atoms with Gasteiger partial charge in [-0.2, -0.15) is 0 Å². The molecule has 0 radical (unpaired) electrons. The molecule has 0 aliphatic heterocycles. The molecule has 0 aliphatic carbocycles. The SMILES string of the molecule is CN(C)CCN(C)CCN(C)CCN(C)C(=O)OC(C)(C)C. The molecule has 0 spiro atoms. The number of nitrogens with zero attached hydrogens (tertiary/aromatic N) is 4. The van der Waals surface area contributed by atoms with Crippen LogP contribution in [0.15, 0.2) is 0 Å². The van der Waals surface area contributed by atoms with Gasteiger partial charge in [-0.15, -0.1) is 0 Å². The van der Waals surface area contributed by atoms with Crippen LogP contribution in [0.25, 0.3) is 0 Å². The number of hydrogen-bond acceptors (Lipinski definition) is 5. The molecule has 0 bridgehead atoms. The maximum Gasteiger partial charge on any atom is 0.410 e. The summed E-state index contributed by atoms with van der Waals surface area (Å²) in [5, 5.41) is 0. The first kappa shape index (κ1) is 21.1. The first-order valence-electron chi connectivity index (χ1n) is 7.97. The van der Waals surface area contributed by atoms with E-state index >= 15 is 0 Å². The Hall–Kier alpha value is -0.850. The van der Waals surface area contributed by atoms with Gasteiger partial charge in [0.15, 0.2) is 0 Å². The van der Waals surface area contributed by atoms with E-state index in [0.29, 0.717) is 6.54 Å². The Morgan fingerprint density at radius 1 is 0.773 bits per heavy atom. The number of hydrogen-bond donors (Lipinski definition) is 0. The van der Waals surface area contributed by atoms with E-state index in [1.165, 1.54) is 0 Å². The topological polar surface area (TPSA) is 39.3 Å². The molecule has 0 aromatic carbocycles. The van der Waals surface area contributed by atoms with Gasteiger partial charge in [0.05, 0.1) is 0 Å². The summed E-state index contributed by atoms with van der Waals surface area (Å²) in [6.07, 6.45) is -0.260. The quantitative estimate of drug-likeness (QED) is 0.641. The Kier molecular flexibility index (Phi) is 9.64. The molecule has 0 heterocycles. The average Bonchev–Trinajstić information content (AvgIpc) is 2.38. The van der Waals surface area contributed by atoms with E-state index in [1.54, 1.807) is 11.9 Å². The van der Waals surface area contributed by atoms with E-state index in [0.717, 1.165) is 32.7 Å². The summed E-state index contributed by atoms with van der Waals surface area (Å²) in [7, 11) is 10.2. The van der Waals surface area contributed by atoms with Gasteiger partial charge in [-0.3, -0.25) is 0 Å². The smallest absolute Gasteiger partial charge is 0.410 e. The van der Waals surface area contributed by atoms with Crippen molar-refractivity contribution >= 4 is 6.09 Å². The van der Waals surface area contributed by atoms with Crippen LogP contribution < -0.4 is 0 Å². The third-order valence-electron chi connectivity index (χ3n) is 3.31. The third kappa shape index (κ3) is 11.8. The molecule has 6 nitrogen and oxygen atoms in total. The summed E-state index contributed by atoms with van der Waals surface area (Å²) < 4.78 is 5.34. The first-order valence-corrected chi connectivity index (χ1v) is 7.97. The van der Waals surface area contributed by atoms with Crippen LogP contribution in [0.4, 0.5) is 4.79 Å². The van der Waals surface area contributed by atoms with E-state index in [9.17, 15) is 4.79 Å². The van der Waals surface area contributed by atoms with Crippen LogP contribution in [0.2, 0.25) is 0 Å². The lowest BCUT2D eigenvalue weighted by atomic mass is 10.2. The number of ether oxygens (including phenoxy) is 1. The molecule has 0 unspecified atom stereocenters. The fourth-order valence-electron chi connectivity index (χ4n) is 1.69. The molecule has 0 N–H and O–H groups in total. The van der Waals surface area contributed by atoms with Gasteiger partial charge in [-0.25, -0.2) is 4.79 Å².